The van der Waals surface area contributed by atoms with Crippen molar-refractivity contribution in [3.8, 4) is 5.75 Å². The highest BCUT2D eigenvalue weighted by molar-refractivity contribution is 6.32. The maximum absolute atomic E-state index is 5.94. The lowest BCUT2D eigenvalue weighted by Crippen LogP contribution is -2.30. The second-order valence-electron chi connectivity index (χ2n) is 3.26. The summed E-state index contributed by atoms with van der Waals surface area (Å²) >= 11 is 5.94. The highest BCUT2D eigenvalue weighted by Crippen LogP contribution is 2.24. The number of hydrogen-bond acceptors (Lipinski definition) is 3. The highest BCUT2D eigenvalue weighted by atomic mass is 35.5. The van der Waals surface area contributed by atoms with Gasteiger partial charge in [0.25, 0.3) is 0 Å². The average Bonchev–Trinajstić information content (AvgIpc) is 2.10. The summed E-state index contributed by atoms with van der Waals surface area (Å²) in [5.74, 6) is 6.16. The Morgan fingerprint density at radius 1 is 1.50 bits per heavy atom. The van der Waals surface area contributed by atoms with Crippen molar-refractivity contribution in [1.29, 1.82) is 0 Å². The van der Waals surface area contributed by atoms with Gasteiger partial charge in [-0.05, 0) is 24.6 Å². The second-order valence-corrected chi connectivity index (χ2v) is 3.67. The Bertz CT molecular complexity index is 302. The molecule has 0 fully saturated rings. The first kappa shape index (κ1) is 11.3. The van der Waals surface area contributed by atoms with Gasteiger partial charge in [0, 0.05) is 13.6 Å². The van der Waals surface area contributed by atoms with E-state index in [1.807, 2.05) is 25.1 Å². The lowest BCUT2D eigenvalue weighted by molar-refractivity contribution is 0.241. The van der Waals surface area contributed by atoms with Gasteiger partial charge in [0.2, 0.25) is 0 Å². The Balaban J connectivity index is 2.53. The van der Waals surface area contributed by atoms with Gasteiger partial charge >= 0.3 is 0 Å². The van der Waals surface area contributed by atoms with Crippen molar-refractivity contribution in [1.82, 2.24) is 5.01 Å². The fourth-order valence-corrected chi connectivity index (χ4v) is 1.19. The zero-order valence-electron chi connectivity index (χ0n) is 8.46. The van der Waals surface area contributed by atoms with E-state index < -0.39 is 0 Å². The van der Waals surface area contributed by atoms with Crippen molar-refractivity contribution in [2.75, 3.05) is 20.2 Å². The predicted molar refractivity (Wildman–Crippen MR) is 58.5 cm³/mol. The van der Waals surface area contributed by atoms with Crippen LogP contribution in [0.4, 0.5) is 0 Å². The molecule has 0 amide bonds. The van der Waals surface area contributed by atoms with E-state index in [2.05, 4.69) is 0 Å². The number of hydrogen-bond donors (Lipinski definition) is 1. The number of hydrazine groups is 1. The van der Waals surface area contributed by atoms with Crippen LogP contribution in [0.15, 0.2) is 18.2 Å². The Morgan fingerprint density at radius 3 is 2.86 bits per heavy atom. The molecule has 0 atom stereocenters. The van der Waals surface area contributed by atoms with E-state index in [1.165, 1.54) is 0 Å². The van der Waals surface area contributed by atoms with Gasteiger partial charge < -0.3 is 4.74 Å². The van der Waals surface area contributed by atoms with Crippen molar-refractivity contribution in [2.24, 2.45) is 5.84 Å². The van der Waals surface area contributed by atoms with Gasteiger partial charge in [-0.25, -0.2) is 5.01 Å². The molecule has 0 unspecified atom stereocenters. The number of nitrogens with zero attached hydrogens (tertiary/aromatic N) is 1. The molecule has 1 aromatic carbocycles. The summed E-state index contributed by atoms with van der Waals surface area (Å²) < 4.78 is 5.47. The van der Waals surface area contributed by atoms with Crippen molar-refractivity contribution < 1.29 is 4.74 Å². The number of likely N-dealkylation sites (N-methyl/N-ethyl adjacent to an activating group) is 1. The number of benzene rings is 1. The molecular weight excluding hydrogens is 200 g/mol. The number of rotatable bonds is 4. The Hall–Kier alpha value is -0.770. The van der Waals surface area contributed by atoms with Gasteiger partial charge in [0.05, 0.1) is 5.02 Å². The van der Waals surface area contributed by atoms with Crippen LogP contribution in [-0.2, 0) is 0 Å². The molecule has 0 radical (unpaired) electrons. The summed E-state index contributed by atoms with van der Waals surface area (Å²) in [5.41, 5.74) is 1.13. The monoisotopic (exact) mass is 214 g/mol. The molecule has 0 aliphatic rings. The summed E-state index contributed by atoms with van der Waals surface area (Å²) in [5, 5.41) is 2.21. The molecule has 1 aromatic rings. The maximum atomic E-state index is 5.94. The van der Waals surface area contributed by atoms with E-state index in [-0.39, 0.29) is 0 Å². The highest BCUT2D eigenvalue weighted by Gasteiger charge is 2.01. The quantitative estimate of drug-likeness (QED) is 0.614. The molecule has 0 heterocycles. The van der Waals surface area contributed by atoms with E-state index in [9.17, 15) is 0 Å². The second kappa shape index (κ2) is 5.20. The number of aryl methyl sites for hydroxylation is 1. The molecule has 0 saturated heterocycles. The van der Waals surface area contributed by atoms with Crippen molar-refractivity contribution >= 4 is 11.6 Å². The Labute approximate surface area is 89.4 Å². The molecule has 0 spiro atoms. The summed E-state index contributed by atoms with van der Waals surface area (Å²) in [4.78, 5) is 0. The average molecular weight is 215 g/mol. The first-order chi connectivity index (χ1) is 6.59. The molecule has 14 heavy (non-hydrogen) atoms. The van der Waals surface area contributed by atoms with E-state index in [0.717, 1.165) is 5.56 Å². The first-order valence-corrected chi connectivity index (χ1v) is 4.82. The smallest absolute Gasteiger partial charge is 0.138 e. The van der Waals surface area contributed by atoms with Crippen molar-refractivity contribution in [3.63, 3.8) is 0 Å². The van der Waals surface area contributed by atoms with Gasteiger partial charge in [-0.15, -0.1) is 0 Å². The third kappa shape index (κ3) is 3.54. The molecule has 0 saturated carbocycles. The minimum Gasteiger partial charge on any atom is -0.491 e. The van der Waals surface area contributed by atoms with E-state index in [0.29, 0.717) is 23.9 Å². The first-order valence-electron chi connectivity index (χ1n) is 4.44. The maximum Gasteiger partial charge on any atom is 0.138 e. The molecule has 3 nitrogen and oxygen atoms in total. The largest absolute Gasteiger partial charge is 0.491 e. The molecule has 4 heteroatoms. The number of ether oxygens (including phenoxy) is 1. The van der Waals surface area contributed by atoms with Gasteiger partial charge in [0.1, 0.15) is 12.4 Å². The third-order valence-electron chi connectivity index (χ3n) is 1.79. The number of halogens is 1. The lowest BCUT2D eigenvalue weighted by Gasteiger charge is -2.12. The Morgan fingerprint density at radius 2 is 2.21 bits per heavy atom. The van der Waals surface area contributed by atoms with Crippen LogP contribution >= 0.6 is 11.6 Å². The SMILES string of the molecule is Cc1ccc(Cl)c(OCCN(C)N)c1. The summed E-state index contributed by atoms with van der Waals surface area (Å²) in [7, 11) is 1.79. The van der Waals surface area contributed by atoms with Gasteiger partial charge in [-0.2, -0.15) is 0 Å². The predicted octanol–water partition coefficient (Wildman–Crippen LogP) is 1.83. The number of nitrogens with two attached hydrogens (primary N) is 1. The minimum atomic E-state index is 0.538. The molecule has 1 rings (SSSR count). The molecule has 0 aliphatic carbocycles. The molecule has 78 valence electrons. The van der Waals surface area contributed by atoms with Crippen LogP contribution < -0.4 is 10.6 Å². The molecule has 0 bridgehead atoms. The minimum absolute atomic E-state index is 0.538. The summed E-state index contributed by atoms with van der Waals surface area (Å²) in [6.45, 7) is 3.21. The van der Waals surface area contributed by atoms with Crippen molar-refractivity contribution in [3.05, 3.63) is 28.8 Å². The van der Waals surface area contributed by atoms with Crippen LogP contribution in [-0.4, -0.2) is 25.2 Å². The summed E-state index contributed by atoms with van der Waals surface area (Å²) in [6, 6.07) is 5.70. The van der Waals surface area contributed by atoms with Crippen LogP contribution in [0.5, 0.6) is 5.75 Å². The zero-order chi connectivity index (χ0) is 10.6. The van der Waals surface area contributed by atoms with Crippen LogP contribution in [0.25, 0.3) is 0 Å². The van der Waals surface area contributed by atoms with E-state index in [4.69, 9.17) is 22.2 Å². The van der Waals surface area contributed by atoms with Gasteiger partial charge in [-0.1, -0.05) is 17.7 Å². The molecule has 0 aromatic heterocycles. The third-order valence-corrected chi connectivity index (χ3v) is 2.10. The van der Waals surface area contributed by atoms with Gasteiger partial charge in [0.15, 0.2) is 0 Å². The standard InChI is InChI=1S/C10H15ClN2O/c1-8-3-4-9(11)10(7-8)14-6-5-13(2)12/h3-4,7H,5-6,12H2,1-2H3. The topological polar surface area (TPSA) is 38.5 Å². The lowest BCUT2D eigenvalue weighted by atomic mass is 10.2. The van der Waals surface area contributed by atoms with Gasteiger partial charge in [-0.3, -0.25) is 5.84 Å². The van der Waals surface area contributed by atoms with Crippen molar-refractivity contribution in [2.45, 2.75) is 6.92 Å². The van der Waals surface area contributed by atoms with Crippen LogP contribution in [0.1, 0.15) is 5.56 Å². The summed E-state index contributed by atoms with van der Waals surface area (Å²) in [6.07, 6.45) is 0. The fourth-order valence-electron chi connectivity index (χ4n) is 1.02. The zero-order valence-corrected chi connectivity index (χ0v) is 9.21. The normalized spacial score (nSPS) is 10.6. The van der Waals surface area contributed by atoms with Crippen LogP contribution in [0.3, 0.4) is 0 Å². The van der Waals surface area contributed by atoms with Crippen LogP contribution in [0, 0.1) is 6.92 Å². The fraction of sp³-hybridized carbons (Fsp3) is 0.400. The Kier molecular flexibility index (Phi) is 4.20. The van der Waals surface area contributed by atoms with E-state index >= 15 is 0 Å². The molecule has 0 aliphatic heterocycles. The molecular formula is C10H15ClN2O. The molecule has 2 N–H and O–H groups in total. The van der Waals surface area contributed by atoms with E-state index in [1.54, 1.807) is 12.1 Å². The van der Waals surface area contributed by atoms with Crippen LogP contribution in [0.2, 0.25) is 5.02 Å².